The Kier molecular flexibility index (Phi) is 9.88. The minimum Gasteiger partial charge on any atom is -0.475 e. The molecule has 0 spiro atoms. The fraction of sp³-hybridized carbons (Fsp3) is 0.381. The van der Waals surface area contributed by atoms with Gasteiger partial charge in [-0.15, -0.1) is 0 Å². The molecule has 0 saturated carbocycles. The molecule has 37 heavy (non-hydrogen) atoms. The quantitative estimate of drug-likeness (QED) is 0.371. The molecule has 204 valence electrons. The highest BCUT2D eigenvalue weighted by Crippen LogP contribution is 2.22. The van der Waals surface area contributed by atoms with Crippen molar-refractivity contribution in [2.75, 3.05) is 25.0 Å². The van der Waals surface area contributed by atoms with Gasteiger partial charge in [0.05, 0.1) is 11.3 Å². The lowest BCUT2D eigenvalue weighted by atomic mass is 10.1. The summed E-state index contributed by atoms with van der Waals surface area (Å²) < 4.78 is 83.7. The van der Waals surface area contributed by atoms with Gasteiger partial charge in [0.2, 0.25) is 0 Å². The van der Waals surface area contributed by atoms with Crippen LogP contribution in [0, 0.1) is 5.82 Å². The maximum absolute atomic E-state index is 13.6. The molecule has 0 unspecified atom stereocenters. The van der Waals surface area contributed by atoms with Crippen LogP contribution in [0.15, 0.2) is 36.7 Å². The summed E-state index contributed by atoms with van der Waals surface area (Å²) in [5.41, 5.74) is 0.430. The van der Waals surface area contributed by atoms with Crippen LogP contribution in [-0.4, -0.2) is 65.6 Å². The van der Waals surface area contributed by atoms with Gasteiger partial charge in [-0.1, -0.05) is 6.07 Å². The predicted octanol–water partition coefficient (Wildman–Crippen LogP) is 3.42. The number of hydrogen-bond donors (Lipinski definition) is 5. The zero-order chi connectivity index (χ0) is 27.8. The second-order valence-electron chi connectivity index (χ2n) is 7.72. The van der Waals surface area contributed by atoms with Crippen LogP contribution in [0.25, 0.3) is 5.69 Å². The Hall–Kier alpha value is -3.82. The van der Waals surface area contributed by atoms with Crippen molar-refractivity contribution in [3.8, 4) is 5.69 Å². The first-order valence-corrected chi connectivity index (χ1v) is 10.6. The minimum absolute atomic E-state index is 0.000189. The second kappa shape index (κ2) is 12.4. The number of hydrogen-bond acceptors (Lipinski definition) is 4. The standard InChI is InChI=1S/C19H21F4N5O2.C2HF3O2/c20-12-3-1-5-14(7-12)28-9-15(17(29)26-13-4-2-6-24-8-13)16(10-28)27-18(30)25-11-19(21,22)23;3-2(4,5)1(6)7/h1,3,5,7,9-10,13,24H,2,4,6,8,11H2,(H,26,29)(H2,25,27,30);(H,6,7)/t13-;/m0./s1. The number of urea groups is 1. The van der Waals surface area contributed by atoms with Crippen molar-refractivity contribution in [2.45, 2.75) is 31.2 Å². The van der Waals surface area contributed by atoms with Crippen LogP contribution < -0.4 is 21.3 Å². The Labute approximate surface area is 205 Å². The number of anilines is 1. The summed E-state index contributed by atoms with van der Waals surface area (Å²) in [5, 5.41) is 17.1. The van der Waals surface area contributed by atoms with Crippen LogP contribution >= 0.6 is 0 Å². The zero-order valence-electron chi connectivity index (χ0n) is 18.8. The summed E-state index contributed by atoms with van der Waals surface area (Å²) in [4.78, 5) is 33.6. The molecule has 3 amide bonds. The van der Waals surface area contributed by atoms with Gasteiger partial charge in [0.25, 0.3) is 5.91 Å². The Bertz CT molecular complexity index is 1100. The number of piperidine rings is 1. The molecule has 16 heteroatoms. The number of aliphatic carboxylic acids is 1. The number of carboxylic acids is 1. The van der Waals surface area contributed by atoms with E-state index in [4.69, 9.17) is 9.90 Å². The third kappa shape index (κ3) is 9.98. The average Bonchev–Trinajstić information content (AvgIpc) is 3.22. The van der Waals surface area contributed by atoms with Crippen molar-refractivity contribution in [3.05, 3.63) is 48.0 Å². The first-order chi connectivity index (χ1) is 17.2. The Balaban J connectivity index is 0.000000604. The van der Waals surface area contributed by atoms with E-state index < -0.39 is 42.6 Å². The number of nitrogens with zero attached hydrogens (tertiary/aromatic N) is 1. The summed E-state index contributed by atoms with van der Waals surface area (Å²) in [7, 11) is 0. The Morgan fingerprint density at radius 3 is 2.32 bits per heavy atom. The van der Waals surface area contributed by atoms with Gasteiger partial charge in [0, 0.05) is 30.7 Å². The molecule has 1 saturated heterocycles. The summed E-state index contributed by atoms with van der Waals surface area (Å²) >= 11 is 0. The molecule has 1 fully saturated rings. The van der Waals surface area contributed by atoms with Gasteiger partial charge in [-0.2, -0.15) is 26.3 Å². The molecule has 1 aliphatic rings. The number of aromatic nitrogens is 1. The molecular formula is C21H22F7N5O4. The zero-order valence-corrected chi connectivity index (χ0v) is 18.8. The number of amides is 3. The fourth-order valence-corrected chi connectivity index (χ4v) is 3.11. The summed E-state index contributed by atoms with van der Waals surface area (Å²) in [6, 6.07) is 4.30. The number of alkyl halides is 6. The highest BCUT2D eigenvalue weighted by molar-refractivity contribution is 6.03. The summed E-state index contributed by atoms with van der Waals surface area (Å²) in [6.07, 6.45) is -5.26. The highest BCUT2D eigenvalue weighted by Gasteiger charge is 2.38. The molecule has 0 aliphatic carbocycles. The molecular weight excluding hydrogens is 519 g/mol. The van der Waals surface area contributed by atoms with Crippen LogP contribution in [0.1, 0.15) is 23.2 Å². The number of carbonyl (C=O) groups is 3. The summed E-state index contributed by atoms with van der Waals surface area (Å²) in [6.45, 7) is -0.0710. The third-order valence-corrected chi connectivity index (χ3v) is 4.75. The van der Waals surface area contributed by atoms with E-state index in [0.717, 1.165) is 19.4 Å². The smallest absolute Gasteiger partial charge is 0.475 e. The van der Waals surface area contributed by atoms with Gasteiger partial charge in [0.1, 0.15) is 12.4 Å². The molecule has 0 bridgehead atoms. The number of nitrogens with one attached hydrogen (secondary N) is 4. The second-order valence-corrected chi connectivity index (χ2v) is 7.72. The molecule has 3 rings (SSSR count). The maximum atomic E-state index is 13.6. The predicted molar refractivity (Wildman–Crippen MR) is 116 cm³/mol. The van der Waals surface area contributed by atoms with E-state index in [1.54, 1.807) is 11.4 Å². The first-order valence-electron chi connectivity index (χ1n) is 10.6. The van der Waals surface area contributed by atoms with Crippen molar-refractivity contribution < 1.29 is 50.2 Å². The Morgan fingerprint density at radius 1 is 1.11 bits per heavy atom. The molecule has 1 aromatic heterocycles. The van der Waals surface area contributed by atoms with Crippen LogP contribution in [-0.2, 0) is 4.79 Å². The van der Waals surface area contributed by atoms with E-state index in [2.05, 4.69) is 16.0 Å². The fourth-order valence-electron chi connectivity index (χ4n) is 3.11. The lowest BCUT2D eigenvalue weighted by molar-refractivity contribution is -0.192. The molecule has 1 atom stereocenters. The number of halogens is 7. The van der Waals surface area contributed by atoms with E-state index in [1.165, 1.54) is 35.2 Å². The monoisotopic (exact) mass is 541 g/mol. The largest absolute Gasteiger partial charge is 0.490 e. The van der Waals surface area contributed by atoms with E-state index in [-0.39, 0.29) is 17.3 Å². The van der Waals surface area contributed by atoms with Gasteiger partial charge in [-0.25, -0.2) is 14.0 Å². The van der Waals surface area contributed by atoms with Crippen molar-refractivity contribution in [1.82, 2.24) is 20.5 Å². The van der Waals surface area contributed by atoms with Crippen LogP contribution in [0.4, 0.5) is 41.2 Å². The van der Waals surface area contributed by atoms with Gasteiger partial charge < -0.3 is 30.9 Å². The number of carbonyl (C=O) groups excluding carboxylic acids is 2. The first kappa shape index (κ1) is 29.4. The normalized spacial score (nSPS) is 15.7. The topological polar surface area (TPSA) is 124 Å². The van der Waals surface area contributed by atoms with E-state index >= 15 is 0 Å². The maximum Gasteiger partial charge on any atom is 0.490 e. The molecule has 1 aliphatic heterocycles. The van der Waals surface area contributed by atoms with Gasteiger partial charge >= 0.3 is 24.4 Å². The molecule has 5 N–H and O–H groups in total. The Morgan fingerprint density at radius 2 is 1.78 bits per heavy atom. The average molecular weight is 541 g/mol. The molecule has 9 nitrogen and oxygen atoms in total. The number of carboxylic acid groups (broad SMARTS) is 1. The molecule has 2 heterocycles. The highest BCUT2D eigenvalue weighted by atomic mass is 19.4. The molecule has 2 aromatic rings. The number of rotatable bonds is 5. The lowest BCUT2D eigenvalue weighted by Crippen LogP contribution is -2.45. The van der Waals surface area contributed by atoms with Gasteiger partial charge in [0.15, 0.2) is 0 Å². The van der Waals surface area contributed by atoms with E-state index in [0.29, 0.717) is 12.2 Å². The van der Waals surface area contributed by atoms with Crippen molar-refractivity contribution in [1.29, 1.82) is 0 Å². The summed E-state index contributed by atoms with van der Waals surface area (Å²) in [5.74, 6) is -3.75. The van der Waals surface area contributed by atoms with Crippen molar-refractivity contribution >= 4 is 23.6 Å². The number of benzene rings is 1. The van der Waals surface area contributed by atoms with E-state index in [9.17, 15) is 40.3 Å². The van der Waals surface area contributed by atoms with Gasteiger partial charge in [-0.3, -0.25) is 4.79 Å². The SMILES string of the molecule is O=C(NCC(F)(F)F)Nc1cn(-c2cccc(F)c2)cc1C(=O)N[C@H]1CCCNC1.O=C(O)C(F)(F)F. The molecule has 0 radical (unpaired) electrons. The van der Waals surface area contributed by atoms with Crippen LogP contribution in [0.5, 0.6) is 0 Å². The van der Waals surface area contributed by atoms with Crippen LogP contribution in [0.3, 0.4) is 0 Å². The lowest BCUT2D eigenvalue weighted by Gasteiger charge is -2.23. The van der Waals surface area contributed by atoms with E-state index in [1.807, 2.05) is 0 Å². The minimum atomic E-state index is -5.08. The molecule has 1 aromatic carbocycles. The van der Waals surface area contributed by atoms with Crippen LogP contribution in [0.2, 0.25) is 0 Å². The van der Waals surface area contributed by atoms with Gasteiger partial charge in [-0.05, 0) is 37.6 Å². The third-order valence-electron chi connectivity index (χ3n) is 4.75. The van der Waals surface area contributed by atoms with Crippen molar-refractivity contribution in [3.63, 3.8) is 0 Å². The van der Waals surface area contributed by atoms with Crippen molar-refractivity contribution in [2.24, 2.45) is 0 Å².